The first-order chi connectivity index (χ1) is 12.5. The van der Waals surface area contributed by atoms with Gasteiger partial charge in [-0.15, -0.1) is 0 Å². The molecule has 2 unspecified atom stereocenters. The summed E-state index contributed by atoms with van der Waals surface area (Å²) in [5, 5.41) is 0.0792. The van der Waals surface area contributed by atoms with Gasteiger partial charge in [0.2, 0.25) is 4.38 Å². The van der Waals surface area contributed by atoms with Crippen molar-refractivity contribution >= 4 is 28.4 Å². The molecular weight excluding hydrogens is 372 g/mol. The van der Waals surface area contributed by atoms with Crippen molar-refractivity contribution in [2.45, 2.75) is 77.1 Å². The molecular formula is C19H34O5S2. The predicted molar refractivity (Wildman–Crippen MR) is 108 cm³/mol. The Kier molecular flexibility index (Phi) is 9.10. The van der Waals surface area contributed by atoms with Crippen LogP contribution >= 0.6 is 24.0 Å². The fourth-order valence-corrected chi connectivity index (χ4v) is 5.75. The standard InChI is InChI=1S/C19H34O5S2/c1-5-20-16(21-6-2)15(26-17(25)22-7-3)13-18(4)9-8-10-19(14-18)23-11-12-24-19/h15-16H,5-14H2,1-4H3. The minimum atomic E-state index is -0.393. The summed E-state index contributed by atoms with van der Waals surface area (Å²) in [5.41, 5.74) is 0.0918. The van der Waals surface area contributed by atoms with Crippen LogP contribution in [-0.2, 0) is 23.7 Å². The summed E-state index contributed by atoms with van der Waals surface area (Å²) in [6.45, 7) is 11.4. The van der Waals surface area contributed by atoms with Crippen LogP contribution in [0.1, 0.15) is 59.8 Å². The van der Waals surface area contributed by atoms with Crippen LogP contribution in [0.15, 0.2) is 0 Å². The minimum absolute atomic E-state index is 0.0792. The largest absolute Gasteiger partial charge is 0.479 e. The molecule has 1 saturated carbocycles. The highest BCUT2D eigenvalue weighted by molar-refractivity contribution is 8.23. The Labute approximate surface area is 167 Å². The molecule has 7 heteroatoms. The third-order valence-corrected chi connectivity index (χ3v) is 6.43. The molecule has 1 heterocycles. The van der Waals surface area contributed by atoms with Crippen molar-refractivity contribution in [1.29, 1.82) is 0 Å². The molecule has 152 valence electrons. The zero-order valence-corrected chi connectivity index (χ0v) is 18.2. The predicted octanol–water partition coefficient (Wildman–Crippen LogP) is 4.52. The summed E-state index contributed by atoms with van der Waals surface area (Å²) in [5.74, 6) is -0.393. The molecule has 1 aliphatic heterocycles. The van der Waals surface area contributed by atoms with Gasteiger partial charge in [-0.3, -0.25) is 0 Å². The number of ether oxygens (including phenoxy) is 5. The van der Waals surface area contributed by atoms with Crippen molar-refractivity contribution in [3.05, 3.63) is 0 Å². The van der Waals surface area contributed by atoms with Crippen molar-refractivity contribution in [2.75, 3.05) is 33.0 Å². The molecule has 0 amide bonds. The molecule has 0 aromatic carbocycles. The second kappa shape index (κ2) is 10.6. The van der Waals surface area contributed by atoms with Gasteiger partial charge >= 0.3 is 0 Å². The van der Waals surface area contributed by atoms with Crippen molar-refractivity contribution in [2.24, 2.45) is 5.41 Å². The normalized spacial score (nSPS) is 26.3. The first kappa shape index (κ1) is 22.4. The van der Waals surface area contributed by atoms with Crippen LogP contribution in [-0.4, -0.2) is 54.7 Å². The molecule has 2 aliphatic rings. The number of thiocarbonyl (C=S) groups is 1. The molecule has 1 saturated heterocycles. The summed E-state index contributed by atoms with van der Waals surface area (Å²) >= 11 is 6.96. The van der Waals surface area contributed by atoms with E-state index in [1.807, 2.05) is 20.8 Å². The molecule has 0 aromatic rings. The van der Waals surface area contributed by atoms with Gasteiger partial charge in [0, 0.05) is 26.1 Å². The molecule has 0 aromatic heterocycles. The van der Waals surface area contributed by atoms with E-state index in [0.717, 1.165) is 32.1 Å². The van der Waals surface area contributed by atoms with Crippen LogP contribution in [0.25, 0.3) is 0 Å². The molecule has 0 radical (unpaired) electrons. The SMILES string of the molecule is CCOC(=S)SC(CC1(C)CCCC2(C1)OCCO2)C(OCC)OCC. The summed E-state index contributed by atoms with van der Waals surface area (Å²) in [6.07, 6.45) is 4.77. The maximum atomic E-state index is 5.99. The molecule has 2 atom stereocenters. The Hall–Kier alpha value is 0.0800. The molecule has 5 nitrogen and oxygen atoms in total. The van der Waals surface area contributed by atoms with Crippen molar-refractivity contribution in [3.8, 4) is 0 Å². The Bertz CT molecular complexity index is 436. The van der Waals surface area contributed by atoms with Crippen molar-refractivity contribution in [3.63, 3.8) is 0 Å². The molecule has 1 aliphatic carbocycles. The first-order valence-electron chi connectivity index (χ1n) is 9.80. The molecule has 0 N–H and O–H groups in total. The lowest BCUT2D eigenvalue weighted by Crippen LogP contribution is -2.44. The average Bonchev–Trinajstić information content (AvgIpc) is 3.01. The van der Waals surface area contributed by atoms with E-state index in [2.05, 4.69) is 6.92 Å². The summed E-state index contributed by atoms with van der Waals surface area (Å²) in [7, 11) is 0. The minimum Gasteiger partial charge on any atom is -0.479 e. The highest BCUT2D eigenvalue weighted by atomic mass is 32.2. The summed E-state index contributed by atoms with van der Waals surface area (Å²) in [4.78, 5) is 0. The van der Waals surface area contributed by atoms with Crippen molar-refractivity contribution < 1.29 is 23.7 Å². The van der Waals surface area contributed by atoms with E-state index in [1.165, 1.54) is 0 Å². The topological polar surface area (TPSA) is 46.2 Å². The monoisotopic (exact) mass is 406 g/mol. The maximum absolute atomic E-state index is 5.99. The van der Waals surface area contributed by atoms with Crippen LogP contribution < -0.4 is 0 Å². The lowest BCUT2D eigenvalue weighted by atomic mass is 9.70. The van der Waals surface area contributed by atoms with Gasteiger partial charge in [0.15, 0.2) is 12.1 Å². The van der Waals surface area contributed by atoms with E-state index in [-0.39, 0.29) is 17.0 Å². The van der Waals surface area contributed by atoms with E-state index >= 15 is 0 Å². The highest BCUT2D eigenvalue weighted by Crippen LogP contribution is 2.49. The zero-order chi connectivity index (χ0) is 19.0. The van der Waals surface area contributed by atoms with Crippen LogP contribution in [0.2, 0.25) is 0 Å². The second-order valence-corrected chi connectivity index (χ2v) is 9.11. The van der Waals surface area contributed by atoms with E-state index in [4.69, 9.17) is 35.9 Å². The van der Waals surface area contributed by atoms with Gasteiger partial charge in [0.1, 0.15) is 0 Å². The lowest BCUT2D eigenvalue weighted by molar-refractivity contribution is -0.204. The molecule has 2 rings (SSSR count). The third-order valence-electron chi connectivity index (χ3n) is 5.02. The number of thioether (sulfide) groups is 1. The first-order valence-corrected chi connectivity index (χ1v) is 11.1. The summed E-state index contributed by atoms with van der Waals surface area (Å²) in [6, 6.07) is 0. The molecule has 2 fully saturated rings. The highest BCUT2D eigenvalue weighted by Gasteiger charge is 2.48. The van der Waals surface area contributed by atoms with E-state index < -0.39 is 5.79 Å². The van der Waals surface area contributed by atoms with Gasteiger partial charge in [-0.25, -0.2) is 0 Å². The van der Waals surface area contributed by atoms with Gasteiger partial charge in [-0.05, 0) is 57.7 Å². The van der Waals surface area contributed by atoms with Gasteiger partial charge in [-0.1, -0.05) is 18.7 Å². The van der Waals surface area contributed by atoms with Crippen LogP contribution in [0.3, 0.4) is 0 Å². The van der Waals surface area contributed by atoms with Crippen LogP contribution in [0.5, 0.6) is 0 Å². The van der Waals surface area contributed by atoms with Crippen LogP contribution in [0, 0.1) is 5.41 Å². The van der Waals surface area contributed by atoms with Gasteiger partial charge in [0.25, 0.3) is 0 Å². The Morgan fingerprint density at radius 2 is 1.73 bits per heavy atom. The fourth-order valence-electron chi connectivity index (χ4n) is 4.08. The summed E-state index contributed by atoms with van der Waals surface area (Å²) < 4.78 is 29.9. The van der Waals surface area contributed by atoms with Crippen molar-refractivity contribution in [1.82, 2.24) is 0 Å². The number of rotatable bonds is 9. The van der Waals surface area contributed by atoms with Gasteiger partial charge < -0.3 is 23.7 Å². The van der Waals surface area contributed by atoms with Crippen LogP contribution in [0.4, 0.5) is 0 Å². The molecule has 0 bridgehead atoms. The Morgan fingerprint density at radius 3 is 2.31 bits per heavy atom. The smallest absolute Gasteiger partial charge is 0.220 e. The van der Waals surface area contributed by atoms with E-state index in [9.17, 15) is 0 Å². The van der Waals surface area contributed by atoms with Gasteiger partial charge in [0.05, 0.1) is 25.1 Å². The molecule has 26 heavy (non-hydrogen) atoms. The quantitative estimate of drug-likeness (QED) is 0.412. The zero-order valence-electron chi connectivity index (χ0n) is 16.6. The second-order valence-electron chi connectivity index (χ2n) is 7.27. The Balaban J connectivity index is 2.10. The third kappa shape index (κ3) is 6.31. The number of hydrogen-bond donors (Lipinski definition) is 0. The van der Waals surface area contributed by atoms with Gasteiger partial charge in [-0.2, -0.15) is 0 Å². The lowest BCUT2D eigenvalue weighted by Gasteiger charge is -2.45. The van der Waals surface area contributed by atoms with E-state index in [0.29, 0.717) is 37.4 Å². The molecule has 1 spiro atoms. The average molecular weight is 407 g/mol. The Morgan fingerprint density at radius 1 is 1.08 bits per heavy atom. The van der Waals surface area contributed by atoms with E-state index in [1.54, 1.807) is 11.8 Å². The fraction of sp³-hybridized carbons (Fsp3) is 0.947. The number of hydrogen-bond acceptors (Lipinski definition) is 7. The maximum Gasteiger partial charge on any atom is 0.220 e.